The van der Waals surface area contributed by atoms with Gasteiger partial charge in [-0.1, -0.05) is 41.4 Å². The van der Waals surface area contributed by atoms with Crippen LogP contribution in [0.1, 0.15) is 11.1 Å². The van der Waals surface area contributed by atoms with Gasteiger partial charge in [0, 0.05) is 52.8 Å². The van der Waals surface area contributed by atoms with Crippen LogP contribution in [0.5, 0.6) is 5.88 Å². The maximum Gasteiger partial charge on any atom is 0.201 e. The van der Waals surface area contributed by atoms with Gasteiger partial charge in [-0.15, -0.1) is 0 Å². The summed E-state index contributed by atoms with van der Waals surface area (Å²) in [5.74, 6) is 0.248. The van der Waals surface area contributed by atoms with E-state index in [4.69, 9.17) is 23.2 Å². The largest absolute Gasteiger partial charge is 0.494 e. The number of halogens is 2. The van der Waals surface area contributed by atoms with Gasteiger partial charge in [0.25, 0.3) is 0 Å². The number of fused-ring (bicyclic) bond motifs is 1. The Labute approximate surface area is 173 Å². The van der Waals surface area contributed by atoms with Crippen molar-refractivity contribution in [2.75, 3.05) is 5.32 Å². The highest BCUT2D eigenvalue weighted by molar-refractivity contribution is 6.35. The number of hydrogen-bond donors (Lipinski definition) is 2. The van der Waals surface area contributed by atoms with Crippen LogP contribution < -0.4 is 5.32 Å². The van der Waals surface area contributed by atoms with Gasteiger partial charge in [0.1, 0.15) is 0 Å². The van der Waals surface area contributed by atoms with E-state index in [2.05, 4.69) is 10.3 Å². The first kappa shape index (κ1) is 18.7. The number of aromatic hydroxyl groups is 1. The molecule has 0 bridgehead atoms. The Morgan fingerprint density at radius 3 is 2.64 bits per heavy atom. The Balaban J connectivity index is 1.56. The number of aromatic nitrogens is 2. The van der Waals surface area contributed by atoms with Crippen LogP contribution >= 0.6 is 23.2 Å². The molecule has 6 heteroatoms. The number of hydrogen-bond acceptors (Lipinski definition) is 3. The van der Waals surface area contributed by atoms with Gasteiger partial charge in [-0.2, -0.15) is 0 Å². The van der Waals surface area contributed by atoms with Crippen molar-refractivity contribution >= 4 is 39.7 Å². The molecule has 0 amide bonds. The SMILES string of the molecule is Oc1c2c(NCc3ccncc3)cccc2cn1CCc1ccc(Cl)cc1Cl. The summed E-state index contributed by atoms with van der Waals surface area (Å²) in [6.07, 6.45) is 6.21. The lowest BCUT2D eigenvalue weighted by Gasteiger charge is -2.09. The number of anilines is 1. The van der Waals surface area contributed by atoms with Gasteiger partial charge >= 0.3 is 0 Å². The normalized spacial score (nSPS) is 11.1. The monoisotopic (exact) mass is 411 g/mol. The molecule has 2 aromatic carbocycles. The van der Waals surface area contributed by atoms with Crippen molar-refractivity contribution in [1.82, 2.24) is 9.55 Å². The highest BCUT2D eigenvalue weighted by Crippen LogP contribution is 2.34. The fourth-order valence-corrected chi connectivity index (χ4v) is 3.78. The van der Waals surface area contributed by atoms with Crippen LogP contribution in [-0.2, 0) is 19.5 Å². The van der Waals surface area contributed by atoms with Gasteiger partial charge in [-0.25, -0.2) is 0 Å². The zero-order valence-corrected chi connectivity index (χ0v) is 16.6. The smallest absolute Gasteiger partial charge is 0.201 e. The zero-order valence-electron chi connectivity index (χ0n) is 15.1. The molecule has 0 atom stereocenters. The highest BCUT2D eigenvalue weighted by atomic mass is 35.5. The van der Waals surface area contributed by atoms with E-state index < -0.39 is 0 Å². The van der Waals surface area contributed by atoms with Crippen LogP contribution in [0.25, 0.3) is 10.8 Å². The van der Waals surface area contributed by atoms with Crippen LogP contribution in [0.4, 0.5) is 5.69 Å². The Bertz CT molecular complexity index is 1110. The van der Waals surface area contributed by atoms with Crippen molar-refractivity contribution in [3.05, 3.63) is 88.3 Å². The summed E-state index contributed by atoms with van der Waals surface area (Å²) in [4.78, 5) is 4.04. The summed E-state index contributed by atoms with van der Waals surface area (Å²) in [5, 5.41) is 17.3. The molecule has 0 aliphatic carbocycles. The molecule has 0 saturated carbocycles. The summed E-state index contributed by atoms with van der Waals surface area (Å²) in [6.45, 7) is 1.28. The number of nitrogens with zero attached hydrogens (tertiary/aromatic N) is 2. The molecule has 0 radical (unpaired) electrons. The molecule has 0 aliphatic rings. The molecule has 142 valence electrons. The summed E-state index contributed by atoms with van der Waals surface area (Å²) < 4.78 is 1.85. The second-order valence-electron chi connectivity index (χ2n) is 6.61. The number of aryl methyl sites for hydroxylation is 2. The molecule has 0 unspecified atom stereocenters. The summed E-state index contributed by atoms with van der Waals surface area (Å²) in [7, 11) is 0. The van der Waals surface area contributed by atoms with Crippen LogP contribution in [0.15, 0.2) is 67.1 Å². The van der Waals surface area contributed by atoms with E-state index in [0.29, 0.717) is 29.6 Å². The second-order valence-corrected chi connectivity index (χ2v) is 7.45. The molecule has 4 aromatic rings. The third-order valence-electron chi connectivity index (χ3n) is 4.76. The van der Waals surface area contributed by atoms with E-state index in [1.165, 1.54) is 0 Å². The molecule has 2 N–H and O–H groups in total. The molecule has 0 fully saturated rings. The van der Waals surface area contributed by atoms with Crippen molar-refractivity contribution in [3.8, 4) is 5.88 Å². The van der Waals surface area contributed by atoms with Crippen molar-refractivity contribution in [3.63, 3.8) is 0 Å². The van der Waals surface area contributed by atoms with E-state index in [1.54, 1.807) is 18.5 Å². The molecular weight excluding hydrogens is 393 g/mol. The van der Waals surface area contributed by atoms with Crippen LogP contribution in [-0.4, -0.2) is 14.7 Å². The Morgan fingerprint density at radius 1 is 1.04 bits per heavy atom. The topological polar surface area (TPSA) is 50.1 Å². The lowest BCUT2D eigenvalue weighted by Crippen LogP contribution is -2.01. The third kappa shape index (κ3) is 3.93. The molecule has 0 saturated heterocycles. The van der Waals surface area contributed by atoms with E-state index in [1.807, 2.05) is 53.2 Å². The van der Waals surface area contributed by atoms with Gasteiger partial charge in [-0.05, 0) is 47.9 Å². The molecule has 28 heavy (non-hydrogen) atoms. The molecule has 2 heterocycles. The average Bonchev–Trinajstić information content (AvgIpc) is 3.03. The first-order valence-electron chi connectivity index (χ1n) is 8.99. The lowest BCUT2D eigenvalue weighted by atomic mass is 10.1. The van der Waals surface area contributed by atoms with Crippen LogP contribution in [0, 0.1) is 0 Å². The molecule has 0 aliphatic heterocycles. The Hall–Kier alpha value is -2.69. The number of nitrogens with one attached hydrogen (secondary N) is 1. The van der Waals surface area contributed by atoms with Crippen molar-refractivity contribution in [1.29, 1.82) is 0 Å². The molecule has 4 rings (SSSR count). The quantitative estimate of drug-likeness (QED) is 0.414. The number of pyridine rings is 1. The maximum atomic E-state index is 10.8. The van der Waals surface area contributed by atoms with E-state index in [9.17, 15) is 5.11 Å². The molecular formula is C22H19Cl2N3O. The first-order valence-corrected chi connectivity index (χ1v) is 9.75. The fourth-order valence-electron chi connectivity index (χ4n) is 3.28. The first-order chi connectivity index (χ1) is 13.6. The zero-order chi connectivity index (χ0) is 19.5. The number of rotatable bonds is 6. The van der Waals surface area contributed by atoms with E-state index in [0.717, 1.165) is 27.6 Å². The van der Waals surface area contributed by atoms with Gasteiger partial charge in [-0.3, -0.25) is 4.98 Å². The summed E-state index contributed by atoms with van der Waals surface area (Å²) in [6, 6.07) is 15.4. The number of benzene rings is 2. The van der Waals surface area contributed by atoms with Crippen molar-refractivity contribution < 1.29 is 5.11 Å². The van der Waals surface area contributed by atoms with Crippen LogP contribution in [0.2, 0.25) is 10.0 Å². The average molecular weight is 412 g/mol. The lowest BCUT2D eigenvalue weighted by molar-refractivity contribution is 0.422. The minimum absolute atomic E-state index is 0.248. The molecule has 4 nitrogen and oxygen atoms in total. The predicted molar refractivity (Wildman–Crippen MR) is 115 cm³/mol. The van der Waals surface area contributed by atoms with E-state index in [-0.39, 0.29) is 5.88 Å². The summed E-state index contributed by atoms with van der Waals surface area (Å²) in [5.41, 5.74) is 3.03. The fraction of sp³-hybridized carbons (Fsp3) is 0.136. The van der Waals surface area contributed by atoms with Gasteiger partial charge in [0.05, 0.1) is 5.39 Å². The Morgan fingerprint density at radius 2 is 1.86 bits per heavy atom. The van der Waals surface area contributed by atoms with E-state index >= 15 is 0 Å². The summed E-state index contributed by atoms with van der Waals surface area (Å²) >= 11 is 12.2. The molecule has 0 spiro atoms. The van der Waals surface area contributed by atoms with Gasteiger partial charge < -0.3 is 15.0 Å². The highest BCUT2D eigenvalue weighted by Gasteiger charge is 2.13. The Kier molecular flexibility index (Phi) is 5.42. The predicted octanol–water partition coefficient (Wildman–Crippen LogP) is 5.90. The molecule has 2 aromatic heterocycles. The minimum Gasteiger partial charge on any atom is -0.494 e. The van der Waals surface area contributed by atoms with Gasteiger partial charge in [0.15, 0.2) is 0 Å². The standard InChI is InChI=1S/C22H19Cl2N3O/c23-18-5-4-16(19(24)12-18)8-11-27-14-17-2-1-3-20(21(17)22(27)28)26-13-15-6-9-25-10-7-15/h1-7,9-10,12,14,26,28H,8,11,13H2. The third-order valence-corrected chi connectivity index (χ3v) is 5.34. The van der Waals surface area contributed by atoms with Gasteiger partial charge in [0.2, 0.25) is 5.88 Å². The second kappa shape index (κ2) is 8.13. The van der Waals surface area contributed by atoms with Crippen molar-refractivity contribution in [2.24, 2.45) is 0 Å². The minimum atomic E-state index is 0.248. The van der Waals surface area contributed by atoms with Crippen molar-refractivity contribution in [2.45, 2.75) is 19.5 Å². The maximum absolute atomic E-state index is 10.8. The van der Waals surface area contributed by atoms with Crippen LogP contribution in [0.3, 0.4) is 0 Å².